The highest BCUT2D eigenvalue weighted by molar-refractivity contribution is 7.64. The minimum Gasteiger partial charge on any atom is -0.126 e. The summed E-state index contributed by atoms with van der Waals surface area (Å²) in [6.45, 7) is 4.64. The molecule has 4 heteroatoms. The molecule has 0 N–H and O–H groups in total. The van der Waals surface area contributed by atoms with E-state index in [-0.39, 0.29) is 0 Å². The van der Waals surface area contributed by atoms with Gasteiger partial charge in [-0.05, 0) is 12.0 Å². The van der Waals surface area contributed by atoms with Crippen molar-refractivity contribution in [2.24, 2.45) is 5.92 Å². The molecule has 0 amide bonds. The molecule has 0 fully saturated rings. The van der Waals surface area contributed by atoms with Gasteiger partial charge in [-0.25, -0.2) is 0 Å². The highest BCUT2D eigenvalue weighted by Gasteiger charge is 2.23. The molecular formula is C17H35Cl3Si. The summed E-state index contributed by atoms with van der Waals surface area (Å²) in [6, 6.07) is -1.52. The van der Waals surface area contributed by atoms with Gasteiger partial charge in [-0.3, -0.25) is 0 Å². The van der Waals surface area contributed by atoms with Gasteiger partial charge >= 0.3 is 6.00 Å². The van der Waals surface area contributed by atoms with Gasteiger partial charge in [0.15, 0.2) is 0 Å². The van der Waals surface area contributed by atoms with Gasteiger partial charge in [0.1, 0.15) is 0 Å². The van der Waals surface area contributed by atoms with Crippen LogP contribution in [0.5, 0.6) is 0 Å². The SMILES string of the molecule is CC(C)CCCCCCCCCCCCCC[Si](Cl)(Cl)Cl. The van der Waals surface area contributed by atoms with Gasteiger partial charge < -0.3 is 0 Å². The van der Waals surface area contributed by atoms with Crippen LogP contribution in [0.3, 0.4) is 0 Å². The van der Waals surface area contributed by atoms with E-state index in [0.29, 0.717) is 0 Å². The van der Waals surface area contributed by atoms with Crippen LogP contribution in [0.1, 0.15) is 97.3 Å². The molecule has 0 aliphatic carbocycles. The van der Waals surface area contributed by atoms with Crippen molar-refractivity contribution in [1.82, 2.24) is 0 Å². The Morgan fingerprint density at radius 3 is 1.24 bits per heavy atom. The Kier molecular flexibility index (Phi) is 15.4. The number of hydrogen-bond donors (Lipinski definition) is 0. The maximum absolute atomic E-state index is 5.86. The Morgan fingerprint density at radius 2 is 0.905 bits per heavy atom. The fourth-order valence-corrected chi connectivity index (χ4v) is 4.50. The van der Waals surface area contributed by atoms with Crippen LogP contribution in [0.4, 0.5) is 0 Å². The average Bonchev–Trinajstić information content (AvgIpc) is 2.37. The molecule has 0 rings (SSSR count). The van der Waals surface area contributed by atoms with E-state index >= 15 is 0 Å². The van der Waals surface area contributed by atoms with Crippen molar-refractivity contribution in [2.45, 2.75) is 103 Å². The summed E-state index contributed by atoms with van der Waals surface area (Å²) in [7, 11) is 0. The van der Waals surface area contributed by atoms with E-state index in [2.05, 4.69) is 13.8 Å². The normalized spacial score (nSPS) is 12.3. The number of unbranched alkanes of at least 4 members (excludes halogenated alkanes) is 11. The highest BCUT2D eigenvalue weighted by atomic mass is 35.8. The average molecular weight is 374 g/mol. The molecule has 128 valence electrons. The minimum atomic E-state index is -2.35. The Labute approximate surface area is 148 Å². The Balaban J connectivity index is 3.03. The molecule has 0 saturated heterocycles. The molecule has 0 nitrogen and oxygen atoms in total. The lowest BCUT2D eigenvalue weighted by Gasteiger charge is -2.07. The largest absolute Gasteiger partial charge is 0.341 e. The molecule has 0 radical (unpaired) electrons. The molecule has 0 aliphatic heterocycles. The van der Waals surface area contributed by atoms with Crippen LogP contribution in [0.15, 0.2) is 0 Å². The van der Waals surface area contributed by atoms with Crippen LogP contribution < -0.4 is 0 Å². The molecule has 0 unspecified atom stereocenters. The zero-order valence-electron chi connectivity index (χ0n) is 14.1. The first kappa shape index (κ1) is 22.1. The van der Waals surface area contributed by atoms with Gasteiger partial charge in [0.2, 0.25) is 0 Å². The number of rotatable bonds is 15. The van der Waals surface area contributed by atoms with Crippen molar-refractivity contribution in [3.63, 3.8) is 0 Å². The van der Waals surface area contributed by atoms with Crippen LogP contribution in [-0.2, 0) is 0 Å². The molecular weight excluding hydrogens is 339 g/mol. The Morgan fingerprint density at radius 1 is 0.571 bits per heavy atom. The lowest BCUT2D eigenvalue weighted by Crippen LogP contribution is -2.07. The smallest absolute Gasteiger partial charge is 0.126 e. The molecule has 0 atom stereocenters. The van der Waals surface area contributed by atoms with E-state index in [4.69, 9.17) is 33.2 Å². The lowest BCUT2D eigenvalue weighted by atomic mass is 10.0. The molecule has 0 aromatic rings. The third-order valence-corrected chi connectivity index (χ3v) is 6.61. The summed E-state index contributed by atoms with van der Waals surface area (Å²) in [4.78, 5) is 0. The Hall–Kier alpha value is 1.09. The molecule has 0 spiro atoms. The van der Waals surface area contributed by atoms with Crippen LogP contribution >= 0.6 is 33.2 Å². The molecule has 0 saturated carbocycles. The van der Waals surface area contributed by atoms with Gasteiger partial charge in [0, 0.05) is 0 Å². The predicted molar refractivity (Wildman–Crippen MR) is 103 cm³/mol. The zero-order chi connectivity index (χ0) is 16.0. The van der Waals surface area contributed by atoms with Crippen molar-refractivity contribution in [1.29, 1.82) is 0 Å². The van der Waals surface area contributed by atoms with E-state index < -0.39 is 6.00 Å². The third kappa shape index (κ3) is 21.1. The van der Waals surface area contributed by atoms with E-state index in [1.165, 1.54) is 77.0 Å². The van der Waals surface area contributed by atoms with Crippen molar-refractivity contribution in [3.05, 3.63) is 0 Å². The molecule has 21 heavy (non-hydrogen) atoms. The summed E-state index contributed by atoms with van der Waals surface area (Å²) in [5, 5.41) is 0. The van der Waals surface area contributed by atoms with E-state index in [0.717, 1.165) is 18.4 Å². The van der Waals surface area contributed by atoms with E-state index in [1.54, 1.807) is 0 Å². The van der Waals surface area contributed by atoms with Gasteiger partial charge in [-0.15, -0.1) is 33.2 Å². The molecule has 0 heterocycles. The quantitative estimate of drug-likeness (QED) is 0.153. The summed E-state index contributed by atoms with van der Waals surface area (Å²) in [5.41, 5.74) is 0. The second-order valence-electron chi connectivity index (χ2n) is 6.79. The second kappa shape index (κ2) is 14.7. The first-order chi connectivity index (χ1) is 9.92. The van der Waals surface area contributed by atoms with Crippen LogP contribution in [0.2, 0.25) is 6.04 Å². The van der Waals surface area contributed by atoms with Crippen LogP contribution in [-0.4, -0.2) is 6.00 Å². The summed E-state index contributed by atoms with van der Waals surface area (Å²) in [6.07, 6.45) is 17.8. The standard InChI is InChI=1S/C17H35Cl3Si/c1-17(2)15-13-11-9-7-5-3-4-6-8-10-12-14-16-21(18,19)20/h17H,3-16H2,1-2H3. The maximum Gasteiger partial charge on any atom is 0.341 e. The van der Waals surface area contributed by atoms with Crippen molar-refractivity contribution in [2.75, 3.05) is 0 Å². The molecule has 0 aliphatic rings. The fourth-order valence-electron chi connectivity index (χ4n) is 2.65. The summed E-state index contributed by atoms with van der Waals surface area (Å²) >= 11 is 17.6. The van der Waals surface area contributed by atoms with Gasteiger partial charge in [-0.1, -0.05) is 97.3 Å². The summed E-state index contributed by atoms with van der Waals surface area (Å²) in [5.74, 6) is 0.877. The van der Waals surface area contributed by atoms with Crippen molar-refractivity contribution in [3.8, 4) is 0 Å². The monoisotopic (exact) mass is 372 g/mol. The number of halogens is 3. The van der Waals surface area contributed by atoms with Gasteiger partial charge in [0.05, 0.1) is 0 Å². The first-order valence-corrected chi connectivity index (χ1v) is 14.2. The summed E-state index contributed by atoms with van der Waals surface area (Å²) < 4.78 is 0. The second-order valence-corrected chi connectivity index (χ2v) is 16.1. The van der Waals surface area contributed by atoms with E-state index in [1.807, 2.05) is 0 Å². The third-order valence-electron chi connectivity index (χ3n) is 3.99. The Bertz CT molecular complexity index is 215. The zero-order valence-corrected chi connectivity index (χ0v) is 17.4. The van der Waals surface area contributed by atoms with E-state index in [9.17, 15) is 0 Å². The number of hydrogen-bond acceptors (Lipinski definition) is 0. The minimum absolute atomic E-state index is 0.828. The molecule has 0 aromatic carbocycles. The topological polar surface area (TPSA) is 0 Å². The molecule has 0 bridgehead atoms. The highest BCUT2D eigenvalue weighted by Crippen LogP contribution is 2.27. The van der Waals surface area contributed by atoms with Crippen molar-refractivity contribution >= 4 is 39.2 Å². The lowest BCUT2D eigenvalue weighted by molar-refractivity contribution is 0.503. The van der Waals surface area contributed by atoms with Crippen LogP contribution in [0.25, 0.3) is 0 Å². The molecule has 0 aromatic heterocycles. The van der Waals surface area contributed by atoms with Crippen molar-refractivity contribution < 1.29 is 0 Å². The van der Waals surface area contributed by atoms with Gasteiger partial charge in [-0.2, -0.15) is 0 Å². The first-order valence-electron chi connectivity index (χ1n) is 8.98. The predicted octanol–water partition coefficient (Wildman–Crippen LogP) is 8.37. The van der Waals surface area contributed by atoms with Crippen LogP contribution in [0, 0.1) is 5.92 Å². The van der Waals surface area contributed by atoms with Gasteiger partial charge in [0.25, 0.3) is 0 Å². The maximum atomic E-state index is 5.86. The fraction of sp³-hybridized carbons (Fsp3) is 1.00.